The molecule has 1 aliphatic carbocycles. The molecule has 0 amide bonds. The molecular weight excluding hydrogens is 593 g/mol. The van der Waals surface area contributed by atoms with Gasteiger partial charge in [-0.3, -0.25) is 4.79 Å². The fourth-order valence-electron chi connectivity index (χ4n) is 5.60. The van der Waals surface area contributed by atoms with E-state index in [1.807, 2.05) is 74.1 Å². The van der Waals surface area contributed by atoms with Crippen molar-refractivity contribution in [3.8, 4) is 11.3 Å². The van der Waals surface area contributed by atoms with E-state index in [1.165, 1.54) is 11.3 Å². The molecule has 2 aromatic carbocycles. The Kier molecular flexibility index (Phi) is 8.89. The van der Waals surface area contributed by atoms with Crippen LogP contribution in [0.25, 0.3) is 27.6 Å². The number of halogens is 2. The van der Waals surface area contributed by atoms with E-state index >= 15 is 0 Å². The van der Waals surface area contributed by atoms with Crippen LogP contribution in [0.2, 0.25) is 9.36 Å². The number of carbonyl (C=O) groups is 1. The van der Waals surface area contributed by atoms with Crippen LogP contribution in [0.5, 0.6) is 0 Å². The summed E-state index contributed by atoms with van der Waals surface area (Å²) in [6.07, 6.45) is 4.85. The van der Waals surface area contributed by atoms with Crippen LogP contribution < -0.4 is 0 Å². The summed E-state index contributed by atoms with van der Waals surface area (Å²) >= 11 is 16.1. The van der Waals surface area contributed by atoms with Gasteiger partial charge in [0.05, 0.1) is 27.4 Å². The fraction of sp³-hybridized carbons (Fsp3) is 0.333. The number of aliphatic carboxylic acids is 1. The zero-order chi connectivity index (χ0) is 29.4. The van der Waals surface area contributed by atoms with Crippen LogP contribution in [0.1, 0.15) is 67.7 Å². The third kappa shape index (κ3) is 6.52. The molecule has 1 aliphatic rings. The van der Waals surface area contributed by atoms with Gasteiger partial charge in [0.2, 0.25) is 0 Å². The summed E-state index contributed by atoms with van der Waals surface area (Å²) in [7, 11) is 0. The minimum atomic E-state index is -1.03. The Bertz CT molecular complexity index is 1600. The van der Waals surface area contributed by atoms with Crippen LogP contribution in [0.3, 0.4) is 0 Å². The van der Waals surface area contributed by atoms with Crippen molar-refractivity contribution < 1.29 is 15.0 Å². The van der Waals surface area contributed by atoms with Gasteiger partial charge in [-0.05, 0) is 84.4 Å². The first-order valence-corrected chi connectivity index (χ1v) is 16.4. The second-order valence-electron chi connectivity index (χ2n) is 11.4. The van der Waals surface area contributed by atoms with Gasteiger partial charge in [0.1, 0.15) is 9.85 Å². The van der Waals surface area contributed by atoms with Crippen LogP contribution in [-0.2, 0) is 10.4 Å². The van der Waals surface area contributed by atoms with Crippen LogP contribution >= 0.6 is 46.3 Å². The average Bonchev–Trinajstić information content (AvgIpc) is 3.63. The number of aromatic nitrogens is 1. The van der Waals surface area contributed by atoms with E-state index < -0.39 is 11.6 Å². The number of fused-ring (bicyclic) bond motifs is 1. The number of carboxylic acids is 1. The number of nitrogens with zero attached hydrogens (tertiary/aromatic N) is 1. The number of hydrogen-bond donors (Lipinski definition) is 2. The van der Waals surface area contributed by atoms with Gasteiger partial charge in [-0.25, -0.2) is 4.98 Å². The number of rotatable bonds is 12. The predicted molar refractivity (Wildman–Crippen MR) is 175 cm³/mol. The SMILES string of the molecule is C=Cc1cccc(C(CCSCC2(CC(=O)O)CC2)c2ccccc2C(C)(C)O)c1-c1ccc2sc(Cl)c(Cl)c2n1. The van der Waals surface area contributed by atoms with Crippen LogP contribution in [-0.4, -0.2) is 32.7 Å². The quantitative estimate of drug-likeness (QED) is 0.153. The van der Waals surface area contributed by atoms with Crippen LogP contribution in [0.15, 0.2) is 61.2 Å². The summed E-state index contributed by atoms with van der Waals surface area (Å²) in [5, 5.41) is 21.0. The largest absolute Gasteiger partial charge is 0.481 e. The van der Waals surface area contributed by atoms with Gasteiger partial charge in [0, 0.05) is 11.5 Å². The van der Waals surface area contributed by atoms with Crippen molar-refractivity contribution in [3.63, 3.8) is 0 Å². The zero-order valence-electron chi connectivity index (χ0n) is 23.1. The maximum absolute atomic E-state index is 11.4. The smallest absolute Gasteiger partial charge is 0.303 e. The van der Waals surface area contributed by atoms with Crippen molar-refractivity contribution in [1.29, 1.82) is 0 Å². The summed E-state index contributed by atoms with van der Waals surface area (Å²) in [6, 6.07) is 18.3. The van der Waals surface area contributed by atoms with E-state index in [-0.39, 0.29) is 17.8 Å². The summed E-state index contributed by atoms with van der Waals surface area (Å²) in [5.74, 6) is 0.924. The summed E-state index contributed by atoms with van der Waals surface area (Å²) in [6.45, 7) is 7.74. The molecule has 0 aliphatic heterocycles. The first-order chi connectivity index (χ1) is 19.5. The Labute approximate surface area is 259 Å². The number of carboxylic acid groups (broad SMARTS) is 1. The molecule has 4 nitrogen and oxygen atoms in total. The van der Waals surface area contributed by atoms with Crippen molar-refractivity contribution in [2.45, 2.75) is 51.0 Å². The van der Waals surface area contributed by atoms with E-state index in [2.05, 4.69) is 18.7 Å². The Morgan fingerprint density at radius 3 is 2.56 bits per heavy atom. The van der Waals surface area contributed by atoms with Gasteiger partial charge in [-0.15, -0.1) is 11.3 Å². The van der Waals surface area contributed by atoms with E-state index in [1.54, 1.807) is 0 Å². The first-order valence-electron chi connectivity index (χ1n) is 13.6. The molecule has 2 aromatic heterocycles. The lowest BCUT2D eigenvalue weighted by atomic mass is 9.79. The number of benzene rings is 2. The van der Waals surface area contributed by atoms with E-state index in [0.29, 0.717) is 14.9 Å². The lowest BCUT2D eigenvalue weighted by Crippen LogP contribution is -2.20. The zero-order valence-corrected chi connectivity index (χ0v) is 26.3. The van der Waals surface area contributed by atoms with Gasteiger partial charge < -0.3 is 10.2 Å². The van der Waals surface area contributed by atoms with Crippen molar-refractivity contribution in [3.05, 3.63) is 92.8 Å². The molecule has 0 spiro atoms. The third-order valence-corrected chi connectivity index (χ3v) is 11.1. The van der Waals surface area contributed by atoms with Crippen LogP contribution in [0, 0.1) is 5.41 Å². The normalized spacial score (nSPS) is 15.1. The van der Waals surface area contributed by atoms with Crippen LogP contribution in [0.4, 0.5) is 0 Å². The maximum atomic E-state index is 11.4. The molecule has 214 valence electrons. The fourth-order valence-corrected chi connectivity index (χ4v) is 8.39. The number of hydrogen-bond acceptors (Lipinski definition) is 5. The lowest BCUT2D eigenvalue weighted by Gasteiger charge is -2.29. The summed E-state index contributed by atoms with van der Waals surface area (Å²) < 4.78 is 1.45. The van der Waals surface area contributed by atoms with Crippen molar-refractivity contribution in [2.24, 2.45) is 5.41 Å². The Balaban J connectivity index is 1.59. The Morgan fingerprint density at radius 1 is 1.15 bits per heavy atom. The predicted octanol–water partition coefficient (Wildman–Crippen LogP) is 9.65. The molecule has 1 atom stereocenters. The molecule has 41 heavy (non-hydrogen) atoms. The minimum Gasteiger partial charge on any atom is -0.481 e. The molecule has 1 unspecified atom stereocenters. The van der Waals surface area contributed by atoms with E-state index in [9.17, 15) is 15.0 Å². The van der Waals surface area contributed by atoms with Crippen molar-refractivity contribution in [1.82, 2.24) is 4.98 Å². The highest BCUT2D eigenvalue weighted by Crippen LogP contribution is 2.51. The number of aliphatic hydroxyl groups is 1. The Morgan fingerprint density at radius 2 is 1.88 bits per heavy atom. The lowest BCUT2D eigenvalue weighted by molar-refractivity contribution is -0.138. The summed E-state index contributed by atoms with van der Waals surface area (Å²) in [5.41, 5.74) is 5.35. The number of pyridine rings is 1. The van der Waals surface area contributed by atoms with Gasteiger partial charge in [-0.2, -0.15) is 11.8 Å². The molecule has 0 bridgehead atoms. The second-order valence-corrected chi connectivity index (χ2v) is 14.5. The molecule has 8 heteroatoms. The summed E-state index contributed by atoms with van der Waals surface area (Å²) in [4.78, 5) is 16.4. The average molecular weight is 627 g/mol. The molecule has 4 aromatic rings. The Hall–Kier alpha value is -2.35. The van der Waals surface area contributed by atoms with Gasteiger partial charge in [0.25, 0.3) is 0 Å². The third-order valence-electron chi connectivity index (χ3n) is 7.86. The molecule has 1 saturated carbocycles. The monoisotopic (exact) mass is 625 g/mol. The molecule has 2 heterocycles. The molecular formula is C33H33Cl2NO3S2. The minimum absolute atomic E-state index is 0.0475. The standard InChI is InChI=1S/C33H33Cl2NO3S2/c1-4-20-8-7-10-23(28(20)25-12-13-26-30(36-25)29(34)31(35)41-26)21(22-9-5-6-11-24(22)32(2,3)39)14-17-40-19-33(15-16-33)18-27(37)38/h4-13,21,39H,1,14-19H2,2-3H3,(H,37,38). The number of thiophene rings is 1. The van der Waals surface area contributed by atoms with Gasteiger partial charge in [0.15, 0.2) is 0 Å². The molecule has 5 rings (SSSR count). The van der Waals surface area contributed by atoms with Crippen molar-refractivity contribution >= 4 is 68.6 Å². The second kappa shape index (κ2) is 12.1. The van der Waals surface area contributed by atoms with E-state index in [0.717, 1.165) is 69.0 Å². The highest BCUT2D eigenvalue weighted by molar-refractivity contribution is 7.99. The highest BCUT2D eigenvalue weighted by atomic mass is 35.5. The molecule has 0 saturated heterocycles. The first kappa shape index (κ1) is 30.1. The van der Waals surface area contributed by atoms with E-state index in [4.69, 9.17) is 28.2 Å². The topological polar surface area (TPSA) is 70.4 Å². The van der Waals surface area contributed by atoms with Crippen molar-refractivity contribution in [2.75, 3.05) is 11.5 Å². The maximum Gasteiger partial charge on any atom is 0.303 e. The number of thioether (sulfide) groups is 1. The molecule has 1 fully saturated rings. The van der Waals surface area contributed by atoms with Gasteiger partial charge in [-0.1, -0.05) is 78.3 Å². The molecule has 2 N–H and O–H groups in total. The highest BCUT2D eigenvalue weighted by Gasteiger charge is 2.44. The molecule has 0 radical (unpaired) electrons. The van der Waals surface area contributed by atoms with Gasteiger partial charge >= 0.3 is 5.97 Å².